The topological polar surface area (TPSA) is 194 Å². The fraction of sp³-hybridized carbons (Fsp3) is 0. The molecule has 0 heterocycles. The van der Waals surface area contributed by atoms with Crippen LogP contribution in [0.3, 0.4) is 0 Å². The molecule has 0 aromatic heterocycles. The molecule has 0 saturated carbocycles. The minimum absolute atomic E-state index is 0.0279. The molecular formula is C31H28N4O6S. The first kappa shape index (κ1) is 29.3. The lowest BCUT2D eigenvalue weighted by Crippen LogP contribution is -2.06. The zero-order valence-electron chi connectivity index (χ0n) is 22.2. The quantitative estimate of drug-likeness (QED) is 0.146. The average molecular weight is 585 g/mol. The predicted octanol–water partition coefficient (Wildman–Crippen LogP) is 5.82. The molecule has 5 rings (SSSR count). The molecule has 9 N–H and O–H groups in total. The number of nitrogen functional groups attached to an aromatic ring is 4. The van der Waals surface area contributed by atoms with Crippen molar-refractivity contribution in [2.45, 2.75) is 9.79 Å². The van der Waals surface area contributed by atoms with E-state index in [0.29, 0.717) is 34.2 Å². The summed E-state index contributed by atoms with van der Waals surface area (Å²) in [7, 11) is -3.96. The van der Waals surface area contributed by atoms with Crippen LogP contribution in [0.1, 0.15) is 10.4 Å². The second-order valence-corrected chi connectivity index (χ2v) is 10.8. The number of hydrogen-bond acceptors (Lipinski definition) is 9. The Balaban J connectivity index is 0.000000310. The number of para-hydroxylation sites is 2. The maximum absolute atomic E-state index is 13.6. The zero-order valence-corrected chi connectivity index (χ0v) is 23.0. The van der Waals surface area contributed by atoms with E-state index in [1.165, 1.54) is 30.3 Å². The molecule has 10 nitrogen and oxygen atoms in total. The van der Waals surface area contributed by atoms with Crippen molar-refractivity contribution in [3.8, 4) is 23.0 Å². The van der Waals surface area contributed by atoms with Crippen LogP contribution in [0.25, 0.3) is 0 Å². The highest BCUT2D eigenvalue weighted by Crippen LogP contribution is 2.37. The summed E-state index contributed by atoms with van der Waals surface area (Å²) in [5.74, 6) is 0.333. The summed E-state index contributed by atoms with van der Waals surface area (Å²) in [6, 6.07) is 30.6. The number of sulfone groups is 1. The molecule has 0 bridgehead atoms. The summed E-state index contributed by atoms with van der Waals surface area (Å²) < 4.78 is 38.8. The number of carbonyl (C=O) groups is 1. The monoisotopic (exact) mass is 584 g/mol. The van der Waals surface area contributed by atoms with Crippen molar-refractivity contribution < 1.29 is 27.8 Å². The second kappa shape index (κ2) is 12.7. The number of carboxylic acids is 1. The summed E-state index contributed by atoms with van der Waals surface area (Å²) in [6.45, 7) is 0. The fourth-order valence-electron chi connectivity index (χ4n) is 3.76. The third-order valence-electron chi connectivity index (χ3n) is 5.72. The van der Waals surface area contributed by atoms with E-state index in [1.807, 2.05) is 0 Å². The van der Waals surface area contributed by atoms with Crippen LogP contribution in [-0.4, -0.2) is 19.5 Å². The highest BCUT2D eigenvalue weighted by atomic mass is 32.2. The lowest BCUT2D eigenvalue weighted by Gasteiger charge is -2.15. The first-order valence-corrected chi connectivity index (χ1v) is 13.9. The molecule has 0 radical (unpaired) electrons. The van der Waals surface area contributed by atoms with E-state index in [0.717, 1.165) is 0 Å². The fourth-order valence-corrected chi connectivity index (χ4v) is 5.26. The minimum Gasteiger partial charge on any atom is -0.478 e. The number of benzene rings is 5. The third-order valence-corrected chi connectivity index (χ3v) is 7.55. The van der Waals surface area contributed by atoms with Crippen LogP contribution in [0.4, 0.5) is 22.7 Å². The van der Waals surface area contributed by atoms with E-state index < -0.39 is 15.8 Å². The number of carboxylic acid groups (broad SMARTS) is 1. The van der Waals surface area contributed by atoms with Crippen molar-refractivity contribution in [3.63, 3.8) is 0 Å². The van der Waals surface area contributed by atoms with Gasteiger partial charge in [-0.3, -0.25) is 0 Å². The van der Waals surface area contributed by atoms with Gasteiger partial charge < -0.3 is 37.5 Å². The zero-order chi connectivity index (χ0) is 30.3. The summed E-state index contributed by atoms with van der Waals surface area (Å²) in [5.41, 5.74) is 24.1. The summed E-state index contributed by atoms with van der Waals surface area (Å²) in [5, 5.41) is 8.52. The standard InChI is InChI=1S/C24H20N2O4S.C7H8N2O2/c25-17-9-13-19(14-10-17)29-21-5-1-3-7-23(21)31(27,28)24-8-4-2-6-22(24)30-20-15-11-18(26)12-16-20;8-5-1-4(7(10)11)2-6(9)3-5/h1-16H,25-26H2;1-3H,8-9H2,(H,10,11). The molecule has 0 aliphatic rings. The maximum atomic E-state index is 13.6. The maximum Gasteiger partial charge on any atom is 0.335 e. The molecular weight excluding hydrogens is 556 g/mol. The molecule has 0 aliphatic carbocycles. The normalized spacial score (nSPS) is 10.7. The molecule has 0 fully saturated rings. The van der Waals surface area contributed by atoms with Gasteiger partial charge in [0.2, 0.25) is 9.84 Å². The molecule has 0 unspecified atom stereocenters. The number of nitrogens with two attached hydrogens (primary N) is 4. The van der Waals surface area contributed by atoms with Crippen molar-refractivity contribution >= 4 is 38.6 Å². The number of hydrogen-bond donors (Lipinski definition) is 5. The Kier molecular flexibility index (Phi) is 8.84. The van der Waals surface area contributed by atoms with E-state index in [9.17, 15) is 13.2 Å². The van der Waals surface area contributed by atoms with E-state index in [-0.39, 0.29) is 26.9 Å². The van der Waals surface area contributed by atoms with Gasteiger partial charge in [-0.05, 0) is 91.0 Å². The van der Waals surface area contributed by atoms with E-state index >= 15 is 0 Å². The SMILES string of the molecule is Nc1cc(N)cc(C(=O)O)c1.Nc1ccc(Oc2ccccc2S(=O)(=O)c2ccccc2Oc2ccc(N)cc2)cc1. The number of rotatable bonds is 7. The highest BCUT2D eigenvalue weighted by molar-refractivity contribution is 7.91. The minimum atomic E-state index is -3.96. The Hall–Kier alpha value is -5.68. The molecule has 42 heavy (non-hydrogen) atoms. The van der Waals surface area contributed by atoms with Gasteiger partial charge in [-0.2, -0.15) is 0 Å². The van der Waals surface area contributed by atoms with Gasteiger partial charge in [-0.1, -0.05) is 24.3 Å². The summed E-state index contributed by atoms with van der Waals surface area (Å²) in [6.07, 6.45) is 0. The summed E-state index contributed by atoms with van der Waals surface area (Å²) in [4.78, 5) is 10.5. The van der Waals surface area contributed by atoms with Crippen molar-refractivity contribution in [3.05, 3.63) is 121 Å². The van der Waals surface area contributed by atoms with Crippen molar-refractivity contribution in [2.24, 2.45) is 0 Å². The summed E-state index contributed by atoms with van der Waals surface area (Å²) >= 11 is 0. The van der Waals surface area contributed by atoms with Crippen LogP contribution in [0.5, 0.6) is 23.0 Å². The Morgan fingerprint density at radius 3 is 1.31 bits per heavy atom. The smallest absolute Gasteiger partial charge is 0.335 e. The molecule has 0 spiro atoms. The van der Waals surface area contributed by atoms with Crippen LogP contribution < -0.4 is 32.4 Å². The second-order valence-electron chi connectivity index (χ2n) is 8.93. The number of ether oxygens (including phenoxy) is 2. The van der Waals surface area contributed by atoms with Gasteiger partial charge in [0, 0.05) is 22.7 Å². The first-order valence-electron chi connectivity index (χ1n) is 12.4. The van der Waals surface area contributed by atoms with E-state index in [2.05, 4.69) is 0 Å². The number of aromatic carboxylic acids is 1. The van der Waals surface area contributed by atoms with Gasteiger partial charge in [-0.25, -0.2) is 13.2 Å². The third kappa shape index (κ3) is 7.29. The van der Waals surface area contributed by atoms with Gasteiger partial charge >= 0.3 is 5.97 Å². The van der Waals surface area contributed by atoms with Gasteiger partial charge in [0.25, 0.3) is 0 Å². The Morgan fingerprint density at radius 1 is 0.548 bits per heavy atom. The number of anilines is 4. The van der Waals surface area contributed by atoms with Gasteiger partial charge in [-0.15, -0.1) is 0 Å². The van der Waals surface area contributed by atoms with Crippen molar-refractivity contribution in [2.75, 3.05) is 22.9 Å². The molecule has 5 aromatic rings. The van der Waals surface area contributed by atoms with Crippen LogP contribution in [-0.2, 0) is 9.84 Å². The highest BCUT2D eigenvalue weighted by Gasteiger charge is 2.26. The molecule has 0 saturated heterocycles. The first-order chi connectivity index (χ1) is 20.0. The Morgan fingerprint density at radius 2 is 0.929 bits per heavy atom. The van der Waals surface area contributed by atoms with Crippen LogP contribution in [0.15, 0.2) is 125 Å². The lowest BCUT2D eigenvalue weighted by atomic mass is 10.2. The molecule has 0 atom stereocenters. The molecule has 11 heteroatoms. The van der Waals surface area contributed by atoms with Crippen LogP contribution >= 0.6 is 0 Å². The van der Waals surface area contributed by atoms with Crippen molar-refractivity contribution in [1.82, 2.24) is 0 Å². The molecule has 0 aliphatic heterocycles. The van der Waals surface area contributed by atoms with Crippen LogP contribution in [0.2, 0.25) is 0 Å². The average Bonchev–Trinajstić information content (AvgIpc) is 2.96. The van der Waals surface area contributed by atoms with Crippen molar-refractivity contribution in [1.29, 1.82) is 0 Å². The predicted molar refractivity (Wildman–Crippen MR) is 162 cm³/mol. The van der Waals surface area contributed by atoms with Gasteiger partial charge in [0.05, 0.1) is 5.56 Å². The van der Waals surface area contributed by atoms with E-state index in [4.69, 9.17) is 37.5 Å². The van der Waals surface area contributed by atoms with E-state index in [1.54, 1.807) is 84.9 Å². The lowest BCUT2D eigenvalue weighted by molar-refractivity contribution is 0.0697. The van der Waals surface area contributed by atoms with Gasteiger partial charge in [0.1, 0.15) is 32.8 Å². The van der Waals surface area contributed by atoms with Crippen LogP contribution in [0, 0.1) is 0 Å². The molecule has 214 valence electrons. The van der Waals surface area contributed by atoms with Gasteiger partial charge in [0.15, 0.2) is 0 Å². The Labute approximate surface area is 242 Å². The molecule has 0 amide bonds. The Bertz CT molecular complexity index is 1690. The molecule has 5 aromatic carbocycles. The largest absolute Gasteiger partial charge is 0.478 e.